The maximum absolute atomic E-state index is 13.6. The normalized spacial score (nSPS) is 13.0. The van der Waals surface area contributed by atoms with Gasteiger partial charge < -0.3 is 43.2 Å². The number of aliphatic imine (C=N–C) groups is 1. The number of carboxylic acid groups (broad SMARTS) is 1. The molecule has 0 saturated heterocycles. The number of amides is 3. The van der Waals surface area contributed by atoms with Gasteiger partial charge >= 0.3 is 5.97 Å². The van der Waals surface area contributed by atoms with E-state index in [0.29, 0.717) is 13.0 Å². The quantitative estimate of drug-likeness (QED) is 0.0680. The molecule has 3 amide bonds. The van der Waals surface area contributed by atoms with E-state index in [1.54, 1.807) is 18.3 Å². The number of H-pyrrole nitrogens is 1. The first-order valence-corrected chi connectivity index (χ1v) is 13.1. The van der Waals surface area contributed by atoms with Crippen LogP contribution in [0.1, 0.15) is 24.0 Å². The van der Waals surface area contributed by atoms with E-state index < -0.39 is 48.4 Å². The lowest BCUT2D eigenvalue weighted by Gasteiger charge is -2.24. The third-order valence-electron chi connectivity index (χ3n) is 6.37. The Morgan fingerprint density at radius 3 is 2.24 bits per heavy atom. The molecule has 0 aliphatic heterocycles. The van der Waals surface area contributed by atoms with Crippen molar-refractivity contribution in [2.75, 3.05) is 13.1 Å². The first kappa shape index (κ1) is 30.6. The topological polar surface area (TPSA) is 231 Å². The SMILES string of the molecule is NC(N)=NCCCC(N)C(=O)NC(Cc1ccccc1)C(=O)NC(Cc1c[nH]c2ccccc12)C(=O)NCC(=O)O. The minimum atomic E-state index is -1.22. The third kappa shape index (κ3) is 9.65. The molecule has 0 bridgehead atoms. The van der Waals surface area contributed by atoms with Crippen LogP contribution in [0.25, 0.3) is 10.9 Å². The first-order chi connectivity index (χ1) is 19.6. The van der Waals surface area contributed by atoms with Crippen LogP contribution in [-0.4, -0.2) is 71.0 Å². The van der Waals surface area contributed by atoms with Crippen molar-refractivity contribution in [3.63, 3.8) is 0 Å². The molecule has 0 radical (unpaired) electrons. The summed E-state index contributed by atoms with van der Waals surface area (Å²) in [6, 6.07) is 13.4. The van der Waals surface area contributed by atoms with Gasteiger partial charge in [0.25, 0.3) is 0 Å². The highest BCUT2D eigenvalue weighted by Gasteiger charge is 2.29. The Labute approximate surface area is 236 Å². The number of nitrogens with one attached hydrogen (secondary N) is 4. The number of hydrogen-bond acceptors (Lipinski definition) is 6. The second kappa shape index (κ2) is 15.0. The summed E-state index contributed by atoms with van der Waals surface area (Å²) in [6.07, 6.45) is 2.69. The minimum absolute atomic E-state index is 0.0581. The maximum atomic E-state index is 13.6. The zero-order valence-electron chi connectivity index (χ0n) is 22.5. The maximum Gasteiger partial charge on any atom is 0.322 e. The fourth-order valence-electron chi connectivity index (χ4n) is 4.28. The summed E-state index contributed by atoms with van der Waals surface area (Å²) in [5.41, 5.74) is 19.1. The second-order valence-electron chi connectivity index (χ2n) is 9.54. The molecular formula is C28H36N8O5. The predicted molar refractivity (Wildman–Crippen MR) is 155 cm³/mol. The molecule has 0 aliphatic rings. The minimum Gasteiger partial charge on any atom is -0.480 e. The number of carbonyl (C=O) groups is 4. The van der Waals surface area contributed by atoms with Crippen molar-refractivity contribution in [3.8, 4) is 0 Å². The third-order valence-corrected chi connectivity index (χ3v) is 6.37. The number of benzene rings is 2. The van der Waals surface area contributed by atoms with Crippen molar-refractivity contribution in [3.05, 3.63) is 71.9 Å². The van der Waals surface area contributed by atoms with Gasteiger partial charge in [-0.1, -0.05) is 48.5 Å². The van der Waals surface area contributed by atoms with E-state index in [1.807, 2.05) is 42.5 Å². The highest BCUT2D eigenvalue weighted by molar-refractivity contribution is 5.94. The van der Waals surface area contributed by atoms with Crippen molar-refractivity contribution in [1.82, 2.24) is 20.9 Å². The number of aromatic nitrogens is 1. The van der Waals surface area contributed by atoms with Gasteiger partial charge in [0.15, 0.2) is 5.96 Å². The summed E-state index contributed by atoms with van der Waals surface area (Å²) in [7, 11) is 0. The van der Waals surface area contributed by atoms with Gasteiger partial charge in [-0.3, -0.25) is 24.2 Å². The van der Waals surface area contributed by atoms with E-state index in [1.165, 1.54) is 0 Å². The van der Waals surface area contributed by atoms with Crippen LogP contribution in [0.5, 0.6) is 0 Å². The summed E-state index contributed by atoms with van der Waals surface area (Å²) < 4.78 is 0. The lowest BCUT2D eigenvalue weighted by molar-refractivity contribution is -0.138. The number of rotatable bonds is 15. The first-order valence-electron chi connectivity index (χ1n) is 13.1. The summed E-state index contributed by atoms with van der Waals surface area (Å²) in [5.74, 6) is -3.12. The number of carbonyl (C=O) groups excluding carboxylic acids is 3. The molecule has 1 aromatic heterocycles. The fraction of sp³-hybridized carbons (Fsp3) is 0.321. The van der Waals surface area contributed by atoms with Crippen LogP contribution in [0.4, 0.5) is 0 Å². The Kier molecular flexibility index (Phi) is 11.2. The lowest BCUT2D eigenvalue weighted by atomic mass is 10.0. The Hall–Kier alpha value is -4.91. The van der Waals surface area contributed by atoms with E-state index in [4.69, 9.17) is 22.3 Å². The van der Waals surface area contributed by atoms with Gasteiger partial charge in [0.05, 0.1) is 6.04 Å². The number of para-hydroxylation sites is 1. The van der Waals surface area contributed by atoms with E-state index in [9.17, 15) is 19.2 Å². The fourth-order valence-corrected chi connectivity index (χ4v) is 4.28. The van der Waals surface area contributed by atoms with Crippen molar-refractivity contribution in [1.29, 1.82) is 0 Å². The molecule has 13 heteroatoms. The predicted octanol–water partition coefficient (Wildman–Crippen LogP) is -0.496. The average Bonchev–Trinajstić information content (AvgIpc) is 3.36. The Morgan fingerprint density at radius 1 is 0.878 bits per heavy atom. The zero-order valence-corrected chi connectivity index (χ0v) is 22.5. The molecule has 2 aromatic carbocycles. The molecule has 41 heavy (non-hydrogen) atoms. The summed E-state index contributed by atoms with van der Waals surface area (Å²) >= 11 is 0. The Bertz CT molecular complexity index is 1370. The van der Waals surface area contributed by atoms with Crippen molar-refractivity contribution in [2.45, 2.75) is 43.8 Å². The molecule has 0 saturated carbocycles. The molecule has 0 spiro atoms. The highest BCUT2D eigenvalue weighted by atomic mass is 16.4. The summed E-state index contributed by atoms with van der Waals surface area (Å²) in [4.78, 5) is 57.6. The van der Waals surface area contributed by atoms with Crippen LogP contribution in [0.3, 0.4) is 0 Å². The number of carboxylic acids is 1. The molecule has 3 rings (SSSR count). The number of fused-ring (bicyclic) bond motifs is 1. The molecule has 13 nitrogen and oxygen atoms in total. The molecule has 3 atom stereocenters. The molecule has 3 aromatic rings. The number of aliphatic carboxylic acids is 1. The Balaban J connectivity index is 1.79. The van der Waals surface area contributed by atoms with Gasteiger partial charge in [0, 0.05) is 36.5 Å². The highest BCUT2D eigenvalue weighted by Crippen LogP contribution is 2.19. The van der Waals surface area contributed by atoms with Crippen LogP contribution in [-0.2, 0) is 32.0 Å². The van der Waals surface area contributed by atoms with Gasteiger partial charge in [-0.2, -0.15) is 0 Å². The van der Waals surface area contributed by atoms with E-state index in [-0.39, 0.29) is 25.2 Å². The van der Waals surface area contributed by atoms with Crippen molar-refractivity contribution in [2.24, 2.45) is 22.2 Å². The number of nitrogens with two attached hydrogens (primary N) is 3. The molecule has 1 heterocycles. The number of aromatic amines is 1. The molecule has 3 unspecified atom stereocenters. The van der Waals surface area contributed by atoms with E-state index in [0.717, 1.165) is 22.0 Å². The van der Waals surface area contributed by atoms with Crippen LogP contribution >= 0.6 is 0 Å². The zero-order chi connectivity index (χ0) is 29.8. The van der Waals surface area contributed by atoms with Crippen molar-refractivity contribution < 1.29 is 24.3 Å². The monoisotopic (exact) mass is 564 g/mol. The smallest absolute Gasteiger partial charge is 0.322 e. The van der Waals surface area contributed by atoms with E-state index in [2.05, 4.69) is 25.9 Å². The van der Waals surface area contributed by atoms with Gasteiger partial charge in [-0.25, -0.2) is 0 Å². The number of hydrogen-bond donors (Lipinski definition) is 8. The molecule has 0 fully saturated rings. The van der Waals surface area contributed by atoms with Crippen LogP contribution in [0.2, 0.25) is 0 Å². The van der Waals surface area contributed by atoms with Crippen LogP contribution in [0.15, 0.2) is 65.8 Å². The lowest BCUT2D eigenvalue weighted by Crippen LogP contribution is -2.57. The van der Waals surface area contributed by atoms with Gasteiger partial charge in [0.1, 0.15) is 18.6 Å². The van der Waals surface area contributed by atoms with E-state index >= 15 is 0 Å². The Morgan fingerprint density at radius 2 is 1.54 bits per heavy atom. The van der Waals surface area contributed by atoms with Crippen LogP contribution < -0.4 is 33.2 Å². The van der Waals surface area contributed by atoms with Crippen LogP contribution in [0, 0.1) is 0 Å². The largest absolute Gasteiger partial charge is 0.480 e. The molecular weight excluding hydrogens is 528 g/mol. The van der Waals surface area contributed by atoms with Gasteiger partial charge in [-0.05, 0) is 30.0 Å². The summed E-state index contributed by atoms with van der Waals surface area (Å²) in [5, 5.41) is 17.7. The molecule has 218 valence electrons. The van der Waals surface area contributed by atoms with Crippen molar-refractivity contribution >= 4 is 40.6 Å². The standard InChI is InChI=1S/C28H36N8O5/c29-20(10-6-12-32-28(30)31)25(39)35-22(13-17-7-2-1-3-8-17)27(41)36-23(26(40)34-16-24(37)38)14-18-15-33-21-11-5-4-9-19(18)21/h1-5,7-9,11,15,20,22-23,33H,6,10,12-14,16,29H2,(H,34,40)(H,35,39)(H,36,41)(H,37,38)(H4,30,31,32). The average molecular weight is 565 g/mol. The summed E-state index contributed by atoms with van der Waals surface area (Å²) in [6.45, 7) is -0.309. The molecule has 11 N–H and O–H groups in total. The second-order valence-corrected chi connectivity index (χ2v) is 9.54. The molecule has 0 aliphatic carbocycles. The number of nitrogens with zero attached hydrogens (tertiary/aromatic N) is 1. The number of guanidine groups is 1. The van der Waals surface area contributed by atoms with Gasteiger partial charge in [0.2, 0.25) is 17.7 Å². The van der Waals surface area contributed by atoms with Gasteiger partial charge in [-0.15, -0.1) is 0 Å².